The molecule has 0 saturated heterocycles. The first-order valence-electron chi connectivity index (χ1n) is 27.4. The zero-order valence-electron chi connectivity index (χ0n) is 50.8. The first-order valence-corrected chi connectivity index (χ1v) is 27.4. The van der Waals surface area contributed by atoms with E-state index in [9.17, 15) is 0 Å². The summed E-state index contributed by atoms with van der Waals surface area (Å²) in [5, 5.41) is 0. The lowest BCUT2D eigenvalue weighted by molar-refractivity contribution is -0.100. The molecular formula is C63H128. The second-order valence-electron chi connectivity index (χ2n) is 32.7. The maximum absolute atomic E-state index is 2.43. The van der Waals surface area contributed by atoms with Crippen LogP contribution >= 0.6 is 0 Å². The summed E-state index contributed by atoms with van der Waals surface area (Å²) in [6.07, 6.45) is 22.6. The minimum absolute atomic E-state index is 0.398. The molecule has 0 amide bonds. The van der Waals surface area contributed by atoms with Gasteiger partial charge in [-0.25, -0.2) is 0 Å². The molecule has 4 aliphatic rings. The Bertz CT molecular complexity index is 1190. The molecule has 63 heavy (non-hydrogen) atoms. The van der Waals surface area contributed by atoms with E-state index in [1.807, 2.05) is 0 Å². The third-order valence-corrected chi connectivity index (χ3v) is 20.7. The molecule has 4 rings (SSSR count). The van der Waals surface area contributed by atoms with E-state index in [2.05, 4.69) is 222 Å². The normalized spacial score (nSPS) is 21.7. The SMILES string of the molecule is CC(C)(C)C1(C(C)(C)C)CC1.CC(C)(C)C1(C(C)(C)C)CCC1.CC(C)(C)C1(C(C)(C)C)CCCC1.CC(C)(C)C1(C(C)(C)C)CCCCC1.CCC(CC)(C(C)(C)C)C(C)(C)C. The highest BCUT2D eigenvalue weighted by molar-refractivity contribution is 5.08. The minimum Gasteiger partial charge on any atom is -0.0648 e. The fourth-order valence-corrected chi connectivity index (χ4v) is 16.8. The van der Waals surface area contributed by atoms with Gasteiger partial charge < -0.3 is 0 Å². The third-order valence-electron chi connectivity index (χ3n) is 20.7. The zero-order valence-corrected chi connectivity index (χ0v) is 50.8. The van der Waals surface area contributed by atoms with E-state index >= 15 is 0 Å². The van der Waals surface area contributed by atoms with Gasteiger partial charge in [-0.1, -0.05) is 260 Å². The van der Waals surface area contributed by atoms with Crippen LogP contribution in [0.3, 0.4) is 0 Å². The molecule has 0 aromatic rings. The van der Waals surface area contributed by atoms with Crippen LogP contribution in [-0.2, 0) is 0 Å². The van der Waals surface area contributed by atoms with Crippen LogP contribution in [0.15, 0.2) is 0 Å². The quantitative estimate of drug-likeness (QED) is 0.259. The number of rotatable bonds is 2. The van der Waals surface area contributed by atoms with E-state index in [1.165, 1.54) is 103 Å². The van der Waals surface area contributed by atoms with Crippen LogP contribution in [0.5, 0.6) is 0 Å². The second-order valence-corrected chi connectivity index (χ2v) is 32.7. The summed E-state index contributed by atoms with van der Waals surface area (Å²) in [5.74, 6) is 0. The van der Waals surface area contributed by atoms with Crippen molar-refractivity contribution in [3.8, 4) is 0 Å². The van der Waals surface area contributed by atoms with Crippen LogP contribution in [0.2, 0.25) is 0 Å². The highest BCUT2D eigenvalue weighted by Gasteiger charge is 2.59. The fourth-order valence-electron chi connectivity index (χ4n) is 16.8. The Kier molecular flexibility index (Phi) is 20.5. The minimum atomic E-state index is 0.398. The Hall–Kier alpha value is 0. The summed E-state index contributed by atoms with van der Waals surface area (Å²) in [5.41, 5.74) is 7.35. The third kappa shape index (κ3) is 13.6. The molecule has 4 aliphatic carbocycles. The Labute approximate surface area is 403 Å². The highest BCUT2D eigenvalue weighted by atomic mass is 14.6. The van der Waals surface area contributed by atoms with Crippen molar-refractivity contribution < 1.29 is 0 Å². The average Bonchev–Trinajstić information content (AvgIpc) is 3.68. The average molecular weight is 886 g/mol. The van der Waals surface area contributed by atoms with Crippen LogP contribution < -0.4 is 0 Å². The highest BCUT2D eigenvalue weighted by Crippen LogP contribution is 2.68. The van der Waals surface area contributed by atoms with Crippen molar-refractivity contribution in [2.24, 2.45) is 81.2 Å². The van der Waals surface area contributed by atoms with Gasteiger partial charge in [0.1, 0.15) is 0 Å². The summed E-state index contributed by atoms with van der Waals surface area (Å²) >= 11 is 0. The molecule has 0 heteroatoms. The lowest BCUT2D eigenvalue weighted by Crippen LogP contribution is -2.51. The summed E-state index contributed by atoms with van der Waals surface area (Å²) < 4.78 is 0. The smallest absolute Gasteiger partial charge is 0.0200 e. The molecule has 0 nitrogen and oxygen atoms in total. The molecule has 0 heterocycles. The molecule has 0 aromatic carbocycles. The Morgan fingerprint density at radius 3 is 0.444 bits per heavy atom. The van der Waals surface area contributed by atoms with Gasteiger partial charge in [-0.3, -0.25) is 0 Å². The van der Waals surface area contributed by atoms with Gasteiger partial charge in [0.15, 0.2) is 0 Å². The zero-order chi connectivity index (χ0) is 50.8. The molecule has 0 N–H and O–H groups in total. The van der Waals surface area contributed by atoms with E-state index in [0.29, 0.717) is 81.2 Å². The molecule has 4 fully saturated rings. The van der Waals surface area contributed by atoms with Gasteiger partial charge in [-0.2, -0.15) is 0 Å². The standard InChI is InChI=1S/C14H28.C13H26.C13H28.C12H24.C11H22/c1-12(2,3)14(13(4,5)6)10-8-7-9-11-14;1-11(2,3)13(12(4,5)6)9-7-8-10-13;1-9-13(10-2,11(3,4)5)12(6,7)8;1-10(2,3)12(8-7-9-12)11(4,5)6;1-9(2,3)11(7-8-11)10(4,5)6/h7-11H2,1-6H3;7-10H2,1-6H3;9-10H2,1-8H3;7-9H2,1-6H3;7-8H2,1-6H3. The Balaban J connectivity index is 0.000000764. The molecule has 0 aliphatic heterocycles. The van der Waals surface area contributed by atoms with Gasteiger partial charge in [-0.15, -0.1) is 0 Å². The van der Waals surface area contributed by atoms with Crippen molar-refractivity contribution in [2.75, 3.05) is 0 Å². The molecule has 4 saturated carbocycles. The molecule has 0 radical (unpaired) electrons. The molecule has 0 unspecified atom stereocenters. The van der Waals surface area contributed by atoms with Gasteiger partial charge in [0.2, 0.25) is 0 Å². The predicted octanol–water partition coefficient (Wildman–Crippen LogP) is 22.7. The summed E-state index contributed by atoms with van der Waals surface area (Å²) in [7, 11) is 0. The van der Waals surface area contributed by atoms with Gasteiger partial charge >= 0.3 is 0 Å². The van der Waals surface area contributed by atoms with Gasteiger partial charge in [-0.05, 0) is 145 Å². The number of hydrogen-bond donors (Lipinski definition) is 0. The summed E-state index contributed by atoms with van der Waals surface area (Å²) in [6.45, 7) is 76.8. The van der Waals surface area contributed by atoms with E-state index in [1.54, 1.807) is 0 Å². The molecule has 0 bridgehead atoms. The van der Waals surface area contributed by atoms with E-state index in [-0.39, 0.29) is 0 Å². The molecule has 0 atom stereocenters. The van der Waals surface area contributed by atoms with E-state index in [4.69, 9.17) is 0 Å². The largest absolute Gasteiger partial charge is 0.0648 e. The second kappa shape index (κ2) is 20.5. The predicted molar refractivity (Wildman–Crippen MR) is 292 cm³/mol. The van der Waals surface area contributed by atoms with Crippen LogP contribution in [0.25, 0.3) is 0 Å². The molecule has 0 aromatic heterocycles. The molecular weight excluding hydrogens is 757 g/mol. The molecule has 380 valence electrons. The van der Waals surface area contributed by atoms with Crippen molar-refractivity contribution in [3.05, 3.63) is 0 Å². The van der Waals surface area contributed by atoms with Crippen LogP contribution in [0.1, 0.15) is 324 Å². The lowest BCUT2D eigenvalue weighted by Gasteiger charge is -2.60. The van der Waals surface area contributed by atoms with Crippen LogP contribution in [0, 0.1) is 81.2 Å². The maximum Gasteiger partial charge on any atom is -0.0200 e. The van der Waals surface area contributed by atoms with E-state index in [0.717, 1.165) is 0 Å². The monoisotopic (exact) mass is 885 g/mol. The lowest BCUT2D eigenvalue weighted by atomic mass is 9.45. The Morgan fingerprint density at radius 2 is 0.381 bits per heavy atom. The fraction of sp³-hybridized carbons (Fsp3) is 1.00. The van der Waals surface area contributed by atoms with Crippen LogP contribution in [-0.4, -0.2) is 0 Å². The van der Waals surface area contributed by atoms with Gasteiger partial charge in [0, 0.05) is 0 Å². The van der Waals surface area contributed by atoms with Crippen LogP contribution in [0.4, 0.5) is 0 Å². The van der Waals surface area contributed by atoms with Crippen molar-refractivity contribution in [1.29, 1.82) is 0 Å². The Morgan fingerprint density at radius 1 is 0.222 bits per heavy atom. The number of hydrogen-bond acceptors (Lipinski definition) is 0. The van der Waals surface area contributed by atoms with Gasteiger partial charge in [0.25, 0.3) is 0 Å². The first kappa shape index (κ1) is 63.0. The van der Waals surface area contributed by atoms with Crippen molar-refractivity contribution in [3.63, 3.8) is 0 Å². The maximum atomic E-state index is 2.43. The summed E-state index contributed by atoms with van der Waals surface area (Å²) in [4.78, 5) is 0. The first-order chi connectivity index (χ1) is 27.4. The summed E-state index contributed by atoms with van der Waals surface area (Å²) in [6, 6.07) is 0. The topological polar surface area (TPSA) is 0 Å². The van der Waals surface area contributed by atoms with Crippen molar-refractivity contribution >= 4 is 0 Å². The van der Waals surface area contributed by atoms with E-state index < -0.39 is 0 Å². The van der Waals surface area contributed by atoms with Crippen molar-refractivity contribution in [2.45, 2.75) is 324 Å². The van der Waals surface area contributed by atoms with Crippen molar-refractivity contribution in [1.82, 2.24) is 0 Å². The molecule has 0 spiro atoms. The van der Waals surface area contributed by atoms with Gasteiger partial charge in [0.05, 0.1) is 0 Å².